The quantitative estimate of drug-likeness (QED) is 0.507. The van der Waals surface area contributed by atoms with Gasteiger partial charge in [-0.15, -0.1) is 0 Å². The third kappa shape index (κ3) is 3.68. The van der Waals surface area contributed by atoms with Crippen LogP contribution in [0.4, 0.5) is 8.78 Å². The van der Waals surface area contributed by atoms with Crippen molar-refractivity contribution in [3.05, 3.63) is 60.0 Å². The van der Waals surface area contributed by atoms with E-state index in [0.29, 0.717) is 22.9 Å². The van der Waals surface area contributed by atoms with Crippen molar-refractivity contribution in [3.8, 4) is 0 Å². The van der Waals surface area contributed by atoms with Gasteiger partial charge in [-0.05, 0) is 24.3 Å². The summed E-state index contributed by atoms with van der Waals surface area (Å²) in [6.45, 7) is -0.165. The molecule has 23 heavy (non-hydrogen) atoms. The Balaban J connectivity index is 1.72. The molecule has 1 heterocycles. The van der Waals surface area contributed by atoms with E-state index < -0.39 is 11.7 Å². The highest BCUT2D eigenvalue weighted by Gasteiger charge is 2.17. The van der Waals surface area contributed by atoms with Crippen LogP contribution in [0.3, 0.4) is 0 Å². The standard InChI is InChI=1S/C16H11F2NO3S/c17-16(18)23-13-8-4-1-5-10(13)15(20)21-9-14-19-11-6-2-3-7-12(11)22-14/h1-8,16H,9H2. The van der Waals surface area contributed by atoms with Gasteiger partial charge in [0.15, 0.2) is 12.2 Å². The lowest BCUT2D eigenvalue weighted by atomic mass is 10.2. The summed E-state index contributed by atoms with van der Waals surface area (Å²) in [7, 11) is 0. The van der Waals surface area contributed by atoms with Gasteiger partial charge in [-0.25, -0.2) is 9.78 Å². The normalized spacial score (nSPS) is 11.1. The van der Waals surface area contributed by atoms with Crippen LogP contribution in [-0.4, -0.2) is 16.7 Å². The number of ether oxygens (including phenoxy) is 1. The fourth-order valence-corrected chi connectivity index (χ4v) is 2.65. The molecule has 0 radical (unpaired) electrons. The van der Waals surface area contributed by atoms with E-state index in [0.717, 1.165) is 0 Å². The van der Waals surface area contributed by atoms with Crippen LogP contribution in [0.25, 0.3) is 11.1 Å². The summed E-state index contributed by atoms with van der Waals surface area (Å²) >= 11 is 0.306. The number of hydrogen-bond donors (Lipinski definition) is 0. The minimum Gasteiger partial charge on any atom is -0.452 e. The molecule has 0 bridgehead atoms. The van der Waals surface area contributed by atoms with Gasteiger partial charge < -0.3 is 9.15 Å². The van der Waals surface area contributed by atoms with Crippen LogP contribution in [0.2, 0.25) is 0 Å². The largest absolute Gasteiger partial charge is 0.452 e. The molecule has 0 unspecified atom stereocenters. The van der Waals surface area contributed by atoms with E-state index in [2.05, 4.69) is 4.98 Å². The molecule has 0 aliphatic rings. The number of hydrogen-bond acceptors (Lipinski definition) is 5. The number of carbonyl (C=O) groups excluding carboxylic acids is 1. The van der Waals surface area contributed by atoms with Crippen molar-refractivity contribution >= 4 is 28.8 Å². The second kappa shape index (κ2) is 6.78. The van der Waals surface area contributed by atoms with Crippen LogP contribution >= 0.6 is 11.8 Å². The molecular formula is C16H11F2NO3S. The number of benzene rings is 2. The monoisotopic (exact) mass is 335 g/mol. The molecule has 0 N–H and O–H groups in total. The highest BCUT2D eigenvalue weighted by Crippen LogP contribution is 2.29. The topological polar surface area (TPSA) is 52.3 Å². The maximum absolute atomic E-state index is 12.5. The predicted octanol–water partition coefficient (Wildman–Crippen LogP) is 4.50. The SMILES string of the molecule is O=C(OCc1nc2ccccc2o1)c1ccccc1SC(F)F. The zero-order chi connectivity index (χ0) is 16.2. The Morgan fingerprint density at radius 1 is 1.17 bits per heavy atom. The zero-order valence-electron chi connectivity index (χ0n) is 11.7. The smallest absolute Gasteiger partial charge is 0.339 e. The Bertz CT molecular complexity index is 802. The molecule has 4 nitrogen and oxygen atoms in total. The lowest BCUT2D eigenvalue weighted by molar-refractivity contribution is 0.0436. The summed E-state index contributed by atoms with van der Waals surface area (Å²) in [4.78, 5) is 16.4. The van der Waals surface area contributed by atoms with Crippen LogP contribution in [0, 0.1) is 0 Å². The van der Waals surface area contributed by atoms with Gasteiger partial charge in [0.2, 0.25) is 5.89 Å². The van der Waals surface area contributed by atoms with E-state index in [-0.39, 0.29) is 23.0 Å². The number of para-hydroxylation sites is 2. The average Bonchev–Trinajstić information content (AvgIpc) is 2.95. The number of alkyl halides is 2. The number of rotatable bonds is 5. The van der Waals surface area contributed by atoms with E-state index in [4.69, 9.17) is 9.15 Å². The first-order valence-electron chi connectivity index (χ1n) is 6.69. The highest BCUT2D eigenvalue weighted by atomic mass is 32.2. The molecule has 3 rings (SSSR count). The van der Waals surface area contributed by atoms with E-state index in [1.807, 2.05) is 6.07 Å². The molecule has 1 aromatic heterocycles. The van der Waals surface area contributed by atoms with E-state index in [1.165, 1.54) is 12.1 Å². The molecule has 2 aromatic carbocycles. The van der Waals surface area contributed by atoms with Gasteiger partial charge in [0.05, 0.1) is 5.56 Å². The van der Waals surface area contributed by atoms with Crippen molar-refractivity contribution < 1.29 is 22.7 Å². The number of halogens is 2. The molecule has 0 saturated heterocycles. The number of carbonyl (C=O) groups is 1. The third-order valence-electron chi connectivity index (χ3n) is 2.99. The van der Waals surface area contributed by atoms with Crippen molar-refractivity contribution in [1.82, 2.24) is 4.98 Å². The number of aromatic nitrogens is 1. The van der Waals surface area contributed by atoms with Gasteiger partial charge >= 0.3 is 5.97 Å². The van der Waals surface area contributed by atoms with Crippen molar-refractivity contribution in [2.75, 3.05) is 0 Å². The van der Waals surface area contributed by atoms with E-state index >= 15 is 0 Å². The van der Waals surface area contributed by atoms with Gasteiger partial charge in [-0.1, -0.05) is 36.0 Å². The van der Waals surface area contributed by atoms with Gasteiger partial charge in [0.25, 0.3) is 5.76 Å². The molecule has 3 aromatic rings. The Labute approximate surface area is 134 Å². The maximum atomic E-state index is 12.5. The zero-order valence-corrected chi connectivity index (χ0v) is 12.6. The van der Waals surface area contributed by atoms with E-state index in [1.54, 1.807) is 30.3 Å². The van der Waals surface area contributed by atoms with Crippen molar-refractivity contribution in [2.45, 2.75) is 17.3 Å². The van der Waals surface area contributed by atoms with Crippen molar-refractivity contribution in [2.24, 2.45) is 0 Å². The maximum Gasteiger partial charge on any atom is 0.339 e. The molecule has 0 spiro atoms. The van der Waals surface area contributed by atoms with Crippen molar-refractivity contribution in [3.63, 3.8) is 0 Å². The number of thioether (sulfide) groups is 1. The summed E-state index contributed by atoms with van der Waals surface area (Å²) in [5.74, 6) is -3.06. The number of nitrogens with zero attached hydrogens (tertiary/aromatic N) is 1. The molecular weight excluding hydrogens is 324 g/mol. The minimum atomic E-state index is -2.61. The molecule has 0 saturated carbocycles. The Hall–Kier alpha value is -2.41. The molecule has 118 valence electrons. The summed E-state index contributed by atoms with van der Waals surface area (Å²) in [6.07, 6.45) is 0. The molecule has 0 amide bonds. The second-order valence-electron chi connectivity index (χ2n) is 4.53. The average molecular weight is 335 g/mol. The molecule has 0 aliphatic carbocycles. The van der Waals surface area contributed by atoms with Crippen LogP contribution in [-0.2, 0) is 11.3 Å². The summed E-state index contributed by atoms with van der Waals surface area (Å²) in [6, 6.07) is 13.2. The first-order valence-corrected chi connectivity index (χ1v) is 7.57. The van der Waals surface area contributed by atoms with Crippen LogP contribution in [0.5, 0.6) is 0 Å². The summed E-state index contributed by atoms with van der Waals surface area (Å²) in [5.41, 5.74) is 1.34. The first-order chi connectivity index (χ1) is 11.1. The number of oxazole rings is 1. The first kappa shape index (κ1) is 15.5. The lowest BCUT2D eigenvalue weighted by Crippen LogP contribution is -2.07. The van der Waals surface area contributed by atoms with Gasteiger partial charge in [0.1, 0.15) is 5.52 Å². The summed E-state index contributed by atoms with van der Waals surface area (Å²) < 4.78 is 35.6. The Kier molecular flexibility index (Phi) is 4.57. The van der Waals surface area contributed by atoms with E-state index in [9.17, 15) is 13.6 Å². The number of esters is 1. The minimum absolute atomic E-state index is 0.0916. The van der Waals surface area contributed by atoms with Crippen LogP contribution in [0.1, 0.15) is 16.2 Å². The van der Waals surface area contributed by atoms with Crippen LogP contribution < -0.4 is 0 Å². The fraction of sp³-hybridized carbons (Fsp3) is 0.125. The second-order valence-corrected chi connectivity index (χ2v) is 5.56. The fourth-order valence-electron chi connectivity index (χ4n) is 2.02. The molecule has 0 atom stereocenters. The van der Waals surface area contributed by atoms with Gasteiger partial charge in [-0.2, -0.15) is 8.78 Å². The Morgan fingerprint density at radius 3 is 2.70 bits per heavy atom. The molecule has 7 heteroatoms. The van der Waals surface area contributed by atoms with Crippen molar-refractivity contribution in [1.29, 1.82) is 0 Å². The third-order valence-corrected chi connectivity index (χ3v) is 3.78. The van der Waals surface area contributed by atoms with Gasteiger partial charge in [-0.3, -0.25) is 0 Å². The molecule has 0 fully saturated rings. The molecule has 0 aliphatic heterocycles. The summed E-state index contributed by atoms with van der Waals surface area (Å²) in [5, 5.41) is 0. The Morgan fingerprint density at radius 2 is 1.91 bits per heavy atom. The van der Waals surface area contributed by atoms with Crippen LogP contribution in [0.15, 0.2) is 57.8 Å². The predicted molar refractivity (Wildman–Crippen MR) is 81.4 cm³/mol. The highest BCUT2D eigenvalue weighted by molar-refractivity contribution is 7.99. The number of fused-ring (bicyclic) bond motifs is 1. The van der Waals surface area contributed by atoms with Gasteiger partial charge in [0, 0.05) is 4.90 Å². The lowest BCUT2D eigenvalue weighted by Gasteiger charge is -2.07.